The Kier molecular flexibility index (Phi) is 6.38. The van der Waals surface area contributed by atoms with Crippen LogP contribution in [-0.4, -0.2) is 61.5 Å². The third-order valence-corrected chi connectivity index (χ3v) is 9.04. The normalized spacial score (nSPS) is 28.4. The molecule has 38 heavy (non-hydrogen) atoms. The maximum atomic E-state index is 15.8. The molecule has 1 aromatic carbocycles. The number of carbonyl (C=O) groups excluding carboxylic acids is 3. The van der Waals surface area contributed by atoms with Gasteiger partial charge in [-0.25, -0.2) is 4.39 Å². The molecule has 9 nitrogen and oxygen atoms in total. The topological polar surface area (TPSA) is 161 Å². The van der Waals surface area contributed by atoms with Gasteiger partial charge in [-0.1, -0.05) is 13.8 Å². The summed E-state index contributed by atoms with van der Waals surface area (Å²) in [5, 5.41) is 43.8. The molecule has 1 saturated heterocycles. The van der Waals surface area contributed by atoms with Crippen LogP contribution in [0.4, 0.5) is 4.39 Å². The number of aliphatic hydroxyl groups excluding tert-OH is 2. The number of hydrogen-bond donors (Lipinski definition) is 5. The SMILES string of the molecule is CC(C)C1CCN(Cc2cc(O)c3c(c2F)CC2C[C@H]4CC(=O)C(C(N)=O)=C(O)[C@@]4(O)C(=O)C2=C3O)CC1. The molecule has 0 aromatic heterocycles. The molecule has 4 aliphatic rings. The van der Waals surface area contributed by atoms with Crippen molar-refractivity contribution < 1.29 is 39.2 Å². The van der Waals surface area contributed by atoms with Crippen molar-refractivity contribution in [2.24, 2.45) is 29.4 Å². The molecule has 1 amide bonds. The number of ketones is 2. The van der Waals surface area contributed by atoms with E-state index >= 15 is 4.39 Å². The first-order chi connectivity index (χ1) is 17.9. The zero-order valence-corrected chi connectivity index (χ0v) is 21.5. The smallest absolute Gasteiger partial charge is 0.255 e. The highest BCUT2D eigenvalue weighted by Crippen LogP contribution is 2.52. The van der Waals surface area contributed by atoms with Gasteiger partial charge in [0.1, 0.15) is 28.7 Å². The second kappa shape index (κ2) is 9.20. The minimum atomic E-state index is -2.63. The van der Waals surface area contributed by atoms with Crippen molar-refractivity contribution in [1.82, 2.24) is 4.90 Å². The number of Topliss-reactive ketones (excluding diaryl/α,β-unsaturated/α-hetero) is 2. The maximum absolute atomic E-state index is 15.8. The molecule has 204 valence electrons. The Morgan fingerprint density at radius 3 is 2.45 bits per heavy atom. The second-order valence-corrected chi connectivity index (χ2v) is 11.5. The molecular formula is C28H33FN2O7. The Morgan fingerprint density at radius 1 is 1.18 bits per heavy atom. The first-order valence-corrected chi connectivity index (χ1v) is 13.1. The highest BCUT2D eigenvalue weighted by atomic mass is 19.1. The summed E-state index contributed by atoms with van der Waals surface area (Å²) in [6.45, 7) is 6.31. The summed E-state index contributed by atoms with van der Waals surface area (Å²) in [6.07, 6.45) is 1.53. The highest BCUT2D eigenvalue weighted by molar-refractivity contribution is 6.22. The van der Waals surface area contributed by atoms with Crippen LogP contribution in [0.1, 0.15) is 56.2 Å². The minimum absolute atomic E-state index is 0.0317. The number of benzene rings is 1. The molecule has 6 N–H and O–H groups in total. The predicted molar refractivity (Wildman–Crippen MR) is 134 cm³/mol. The van der Waals surface area contributed by atoms with E-state index in [-0.39, 0.29) is 29.5 Å². The number of carbonyl (C=O) groups is 3. The molecule has 1 aromatic rings. The van der Waals surface area contributed by atoms with Crippen LogP contribution in [0.3, 0.4) is 0 Å². The number of nitrogens with two attached hydrogens (primary N) is 1. The van der Waals surface area contributed by atoms with E-state index in [2.05, 4.69) is 18.7 Å². The fraction of sp³-hybridized carbons (Fsp3) is 0.536. The lowest BCUT2D eigenvalue weighted by molar-refractivity contribution is -0.147. The summed E-state index contributed by atoms with van der Waals surface area (Å²) in [6, 6.07) is 1.26. The average Bonchev–Trinajstić information content (AvgIpc) is 2.84. The summed E-state index contributed by atoms with van der Waals surface area (Å²) in [4.78, 5) is 39.8. The molecule has 0 radical (unpaired) electrons. The summed E-state index contributed by atoms with van der Waals surface area (Å²) in [5.74, 6) is -6.58. The lowest BCUT2D eigenvalue weighted by atomic mass is 9.59. The van der Waals surface area contributed by atoms with Crippen LogP contribution in [-0.2, 0) is 27.3 Å². The average molecular weight is 529 g/mol. The molecule has 0 bridgehead atoms. The van der Waals surface area contributed by atoms with Crippen molar-refractivity contribution in [2.45, 2.75) is 58.1 Å². The van der Waals surface area contributed by atoms with Gasteiger partial charge in [0.2, 0.25) is 5.78 Å². The number of phenolic OH excluding ortho intramolecular Hbond substituents is 1. The number of amides is 1. The fourth-order valence-corrected chi connectivity index (χ4v) is 6.86. The number of aliphatic hydroxyl groups is 3. The van der Waals surface area contributed by atoms with Crippen molar-refractivity contribution in [2.75, 3.05) is 13.1 Å². The Bertz CT molecular complexity index is 1310. The molecule has 1 heterocycles. The van der Waals surface area contributed by atoms with Crippen molar-refractivity contribution >= 4 is 23.2 Å². The lowest BCUT2D eigenvalue weighted by Crippen LogP contribution is -2.58. The first kappa shape index (κ1) is 26.4. The zero-order chi connectivity index (χ0) is 27.7. The van der Waals surface area contributed by atoms with Crippen LogP contribution < -0.4 is 5.73 Å². The minimum Gasteiger partial charge on any atom is -0.508 e. The summed E-state index contributed by atoms with van der Waals surface area (Å²) < 4.78 is 15.8. The number of likely N-dealkylation sites (tertiary alicyclic amines) is 1. The molecular weight excluding hydrogens is 495 g/mol. The van der Waals surface area contributed by atoms with E-state index in [0.717, 1.165) is 25.9 Å². The molecule has 0 spiro atoms. The number of phenols is 1. The van der Waals surface area contributed by atoms with Gasteiger partial charge in [0.25, 0.3) is 5.91 Å². The molecule has 1 unspecified atom stereocenters. The molecule has 3 aliphatic carbocycles. The standard InChI is InChI=1S/C28H33FN2O7/c1-12(2)13-3-5-31(6-4-13)11-15-9-18(32)21-17(23(15)29)8-14-7-16-10-19(33)22(27(30)37)26(36)28(16,38)25(35)20(14)24(21)34/h9,12-14,16,32,34,36,38H,3-8,10-11H2,1-2H3,(H2,30,37)/t14?,16-,28-/m0/s1. The van der Waals surface area contributed by atoms with Crippen molar-refractivity contribution in [3.05, 3.63) is 45.5 Å². The van der Waals surface area contributed by atoms with Crippen LogP contribution in [0, 0.1) is 29.5 Å². The van der Waals surface area contributed by atoms with E-state index in [4.69, 9.17) is 5.73 Å². The Morgan fingerprint density at radius 2 is 1.84 bits per heavy atom. The largest absolute Gasteiger partial charge is 0.508 e. The number of fused-ring (bicyclic) bond motifs is 3. The first-order valence-electron chi connectivity index (χ1n) is 13.1. The summed E-state index contributed by atoms with van der Waals surface area (Å²) >= 11 is 0. The number of halogens is 1. The fourth-order valence-electron chi connectivity index (χ4n) is 6.86. The summed E-state index contributed by atoms with van der Waals surface area (Å²) in [7, 11) is 0. The van der Waals surface area contributed by atoms with Crippen LogP contribution in [0.25, 0.3) is 5.76 Å². The Hall–Kier alpha value is -3.24. The number of primary amides is 1. The van der Waals surface area contributed by atoms with E-state index in [0.29, 0.717) is 23.9 Å². The van der Waals surface area contributed by atoms with E-state index in [1.165, 1.54) is 6.07 Å². The number of aromatic hydroxyl groups is 1. The molecule has 5 rings (SSSR count). The quantitative estimate of drug-likeness (QED) is 0.372. The van der Waals surface area contributed by atoms with E-state index in [9.17, 15) is 34.8 Å². The van der Waals surface area contributed by atoms with E-state index in [1.54, 1.807) is 0 Å². The van der Waals surface area contributed by atoms with Crippen LogP contribution in [0.2, 0.25) is 0 Å². The van der Waals surface area contributed by atoms with Gasteiger partial charge >= 0.3 is 0 Å². The van der Waals surface area contributed by atoms with Gasteiger partial charge in [0, 0.05) is 35.6 Å². The summed E-state index contributed by atoms with van der Waals surface area (Å²) in [5.41, 5.74) is 1.57. The molecule has 10 heteroatoms. The van der Waals surface area contributed by atoms with Crippen molar-refractivity contribution in [3.63, 3.8) is 0 Å². The molecule has 1 aliphatic heterocycles. The van der Waals surface area contributed by atoms with Crippen LogP contribution >= 0.6 is 0 Å². The van der Waals surface area contributed by atoms with Crippen molar-refractivity contribution in [3.8, 4) is 5.75 Å². The molecule has 1 saturated carbocycles. The van der Waals surface area contributed by atoms with Gasteiger partial charge in [-0.3, -0.25) is 19.3 Å². The predicted octanol–water partition coefficient (Wildman–Crippen LogP) is 2.43. The van der Waals surface area contributed by atoms with Gasteiger partial charge in [-0.2, -0.15) is 0 Å². The Labute approximate surface area is 219 Å². The van der Waals surface area contributed by atoms with E-state index < -0.39 is 70.0 Å². The molecule has 2 fully saturated rings. The Balaban J connectivity index is 1.51. The van der Waals surface area contributed by atoms with Gasteiger partial charge in [0.05, 0.1) is 5.56 Å². The number of nitrogens with zero attached hydrogens (tertiary/aromatic N) is 1. The van der Waals surface area contributed by atoms with Crippen LogP contribution in [0.15, 0.2) is 23.0 Å². The number of piperidine rings is 1. The second-order valence-electron chi connectivity index (χ2n) is 11.5. The van der Waals surface area contributed by atoms with Gasteiger partial charge < -0.3 is 26.2 Å². The highest BCUT2D eigenvalue weighted by Gasteiger charge is 2.60. The lowest BCUT2D eigenvalue weighted by Gasteiger charge is -2.46. The van der Waals surface area contributed by atoms with Gasteiger partial charge in [0.15, 0.2) is 11.4 Å². The number of rotatable bonds is 4. The molecule has 3 atom stereocenters. The third kappa shape index (κ3) is 3.84. The van der Waals surface area contributed by atoms with Crippen molar-refractivity contribution in [1.29, 1.82) is 0 Å². The van der Waals surface area contributed by atoms with Gasteiger partial charge in [-0.05, 0) is 62.6 Å². The maximum Gasteiger partial charge on any atom is 0.255 e. The monoisotopic (exact) mass is 528 g/mol. The zero-order valence-electron chi connectivity index (χ0n) is 21.5. The number of hydrogen-bond acceptors (Lipinski definition) is 8. The van der Waals surface area contributed by atoms with Crippen LogP contribution in [0.5, 0.6) is 5.75 Å². The third-order valence-electron chi connectivity index (χ3n) is 9.04. The van der Waals surface area contributed by atoms with Gasteiger partial charge in [-0.15, -0.1) is 0 Å². The van der Waals surface area contributed by atoms with E-state index in [1.807, 2.05) is 0 Å².